The number of hydrogen-bond acceptors (Lipinski definition) is 3. The first kappa shape index (κ1) is 13.6. The van der Waals surface area contributed by atoms with E-state index in [-0.39, 0.29) is 0 Å². The van der Waals surface area contributed by atoms with Crippen molar-refractivity contribution in [2.45, 2.75) is 45.7 Å². The molecule has 1 aromatic rings. The van der Waals surface area contributed by atoms with Crippen LogP contribution in [0.1, 0.15) is 38.4 Å². The van der Waals surface area contributed by atoms with E-state index in [0.717, 1.165) is 30.8 Å². The summed E-state index contributed by atoms with van der Waals surface area (Å²) in [7, 11) is 0. The molecule has 16 heavy (non-hydrogen) atoms. The standard InChI is InChI=1S/C11H21BrN4/c1-2-16-11(14-10-15-16)9-13-8-6-4-3-5-7-12/h10,13H,2-9H2,1H3. The van der Waals surface area contributed by atoms with E-state index in [4.69, 9.17) is 0 Å². The van der Waals surface area contributed by atoms with E-state index in [1.165, 1.54) is 25.7 Å². The molecule has 4 nitrogen and oxygen atoms in total. The van der Waals surface area contributed by atoms with Crippen LogP contribution in [-0.4, -0.2) is 26.6 Å². The summed E-state index contributed by atoms with van der Waals surface area (Å²) >= 11 is 3.44. The average molecular weight is 289 g/mol. The van der Waals surface area contributed by atoms with E-state index < -0.39 is 0 Å². The molecule has 0 bridgehead atoms. The Hall–Kier alpha value is -0.420. The van der Waals surface area contributed by atoms with Gasteiger partial charge in [-0.25, -0.2) is 9.67 Å². The molecule has 1 N–H and O–H groups in total. The van der Waals surface area contributed by atoms with Crippen molar-refractivity contribution >= 4 is 15.9 Å². The van der Waals surface area contributed by atoms with Gasteiger partial charge in [-0.05, 0) is 26.3 Å². The molecule has 0 aliphatic heterocycles. The van der Waals surface area contributed by atoms with E-state index in [1.54, 1.807) is 6.33 Å². The van der Waals surface area contributed by atoms with Crippen LogP contribution in [0.2, 0.25) is 0 Å². The van der Waals surface area contributed by atoms with E-state index in [1.807, 2.05) is 4.68 Å². The Bertz CT molecular complexity index is 275. The summed E-state index contributed by atoms with van der Waals surface area (Å²) in [4.78, 5) is 4.22. The lowest BCUT2D eigenvalue weighted by molar-refractivity contribution is 0.551. The molecule has 0 saturated carbocycles. The van der Waals surface area contributed by atoms with Gasteiger partial charge < -0.3 is 5.32 Å². The Labute approximate surface area is 106 Å². The maximum atomic E-state index is 4.22. The summed E-state index contributed by atoms with van der Waals surface area (Å²) < 4.78 is 1.93. The third-order valence-corrected chi connectivity index (χ3v) is 3.08. The maximum Gasteiger partial charge on any atom is 0.140 e. The molecule has 0 atom stereocenters. The van der Waals surface area contributed by atoms with Crippen LogP contribution in [0.5, 0.6) is 0 Å². The van der Waals surface area contributed by atoms with Gasteiger partial charge in [0.1, 0.15) is 12.2 Å². The van der Waals surface area contributed by atoms with Crippen molar-refractivity contribution in [2.24, 2.45) is 0 Å². The average Bonchev–Trinajstić information content (AvgIpc) is 2.75. The largest absolute Gasteiger partial charge is 0.310 e. The minimum atomic E-state index is 0.826. The Morgan fingerprint density at radius 2 is 2.12 bits per heavy atom. The minimum Gasteiger partial charge on any atom is -0.310 e. The van der Waals surface area contributed by atoms with Crippen LogP contribution >= 0.6 is 15.9 Å². The van der Waals surface area contributed by atoms with Gasteiger partial charge in [0.15, 0.2) is 0 Å². The molecule has 1 rings (SSSR count). The van der Waals surface area contributed by atoms with Gasteiger partial charge >= 0.3 is 0 Å². The molecule has 0 amide bonds. The topological polar surface area (TPSA) is 42.7 Å². The van der Waals surface area contributed by atoms with Crippen LogP contribution in [0.4, 0.5) is 0 Å². The fraction of sp³-hybridized carbons (Fsp3) is 0.818. The Kier molecular flexibility index (Phi) is 7.42. The van der Waals surface area contributed by atoms with Gasteiger partial charge in [-0.15, -0.1) is 0 Å². The molecule has 0 spiro atoms. The zero-order valence-corrected chi connectivity index (χ0v) is 11.5. The summed E-state index contributed by atoms with van der Waals surface area (Å²) in [5.41, 5.74) is 0. The number of aryl methyl sites for hydroxylation is 1. The zero-order chi connectivity index (χ0) is 11.6. The predicted molar refractivity (Wildman–Crippen MR) is 69.7 cm³/mol. The molecule has 0 fully saturated rings. The SMILES string of the molecule is CCn1ncnc1CNCCCCCCBr. The van der Waals surface area contributed by atoms with Crippen LogP contribution in [0.3, 0.4) is 0 Å². The van der Waals surface area contributed by atoms with Gasteiger partial charge in [-0.2, -0.15) is 5.10 Å². The number of rotatable bonds is 9. The number of unbranched alkanes of at least 4 members (excludes halogenated alkanes) is 3. The van der Waals surface area contributed by atoms with Crippen molar-refractivity contribution in [2.75, 3.05) is 11.9 Å². The van der Waals surface area contributed by atoms with Gasteiger partial charge in [0.2, 0.25) is 0 Å². The number of nitrogens with one attached hydrogen (secondary N) is 1. The molecule has 1 aromatic heterocycles. The van der Waals surface area contributed by atoms with Crippen molar-refractivity contribution in [3.63, 3.8) is 0 Å². The fourth-order valence-corrected chi connectivity index (χ4v) is 1.98. The van der Waals surface area contributed by atoms with Crippen LogP contribution in [0.15, 0.2) is 6.33 Å². The third-order valence-electron chi connectivity index (χ3n) is 2.52. The number of halogens is 1. The van der Waals surface area contributed by atoms with Gasteiger partial charge in [0.25, 0.3) is 0 Å². The number of hydrogen-bond donors (Lipinski definition) is 1. The quantitative estimate of drug-likeness (QED) is 0.560. The van der Waals surface area contributed by atoms with Crippen molar-refractivity contribution in [1.29, 1.82) is 0 Å². The van der Waals surface area contributed by atoms with E-state index in [0.29, 0.717) is 0 Å². The van der Waals surface area contributed by atoms with Gasteiger partial charge in [0.05, 0.1) is 6.54 Å². The number of alkyl halides is 1. The van der Waals surface area contributed by atoms with Gasteiger partial charge in [-0.1, -0.05) is 28.8 Å². The zero-order valence-electron chi connectivity index (χ0n) is 9.95. The van der Waals surface area contributed by atoms with Crippen LogP contribution in [0.25, 0.3) is 0 Å². The summed E-state index contributed by atoms with van der Waals surface area (Å²) in [6.07, 6.45) is 6.77. The lowest BCUT2D eigenvalue weighted by Gasteiger charge is -2.05. The van der Waals surface area contributed by atoms with Crippen LogP contribution in [-0.2, 0) is 13.1 Å². The maximum absolute atomic E-state index is 4.22. The monoisotopic (exact) mass is 288 g/mol. The minimum absolute atomic E-state index is 0.826. The molecule has 0 aromatic carbocycles. The molecule has 5 heteroatoms. The molecular formula is C11H21BrN4. The van der Waals surface area contributed by atoms with E-state index in [9.17, 15) is 0 Å². The summed E-state index contributed by atoms with van der Waals surface area (Å²) in [6.45, 7) is 4.87. The Balaban J connectivity index is 2.03. The Morgan fingerprint density at radius 3 is 2.88 bits per heavy atom. The molecule has 1 heterocycles. The highest BCUT2D eigenvalue weighted by Crippen LogP contribution is 2.01. The first-order valence-corrected chi connectivity index (χ1v) is 7.14. The van der Waals surface area contributed by atoms with Crippen molar-refractivity contribution < 1.29 is 0 Å². The molecule has 0 unspecified atom stereocenters. The van der Waals surface area contributed by atoms with Gasteiger partial charge in [0, 0.05) is 11.9 Å². The summed E-state index contributed by atoms with van der Waals surface area (Å²) in [5.74, 6) is 1.03. The highest BCUT2D eigenvalue weighted by atomic mass is 79.9. The molecule has 0 saturated heterocycles. The van der Waals surface area contributed by atoms with E-state index in [2.05, 4.69) is 38.3 Å². The normalized spacial score (nSPS) is 10.9. The fourth-order valence-electron chi connectivity index (χ4n) is 1.59. The first-order chi connectivity index (χ1) is 7.88. The second-order valence-electron chi connectivity index (χ2n) is 3.77. The van der Waals surface area contributed by atoms with Gasteiger partial charge in [-0.3, -0.25) is 0 Å². The molecular weight excluding hydrogens is 268 g/mol. The highest BCUT2D eigenvalue weighted by Gasteiger charge is 2.00. The van der Waals surface area contributed by atoms with Crippen LogP contribution in [0, 0.1) is 0 Å². The smallest absolute Gasteiger partial charge is 0.140 e. The van der Waals surface area contributed by atoms with Crippen molar-refractivity contribution in [1.82, 2.24) is 20.1 Å². The van der Waals surface area contributed by atoms with Crippen molar-refractivity contribution in [3.05, 3.63) is 12.2 Å². The number of nitrogens with zero attached hydrogens (tertiary/aromatic N) is 3. The second kappa shape index (κ2) is 8.70. The number of aromatic nitrogens is 3. The lowest BCUT2D eigenvalue weighted by Crippen LogP contribution is -2.18. The third kappa shape index (κ3) is 5.07. The molecule has 0 radical (unpaired) electrons. The summed E-state index contributed by atoms with van der Waals surface area (Å²) in [6, 6.07) is 0. The highest BCUT2D eigenvalue weighted by molar-refractivity contribution is 9.09. The molecule has 92 valence electrons. The summed E-state index contributed by atoms with van der Waals surface area (Å²) in [5, 5.41) is 8.66. The lowest BCUT2D eigenvalue weighted by atomic mass is 10.2. The second-order valence-corrected chi connectivity index (χ2v) is 4.57. The Morgan fingerprint density at radius 1 is 1.31 bits per heavy atom. The first-order valence-electron chi connectivity index (χ1n) is 6.01. The predicted octanol–water partition coefficient (Wildman–Crippen LogP) is 2.34. The molecule has 0 aliphatic carbocycles. The van der Waals surface area contributed by atoms with E-state index >= 15 is 0 Å². The molecule has 0 aliphatic rings. The van der Waals surface area contributed by atoms with Crippen LogP contribution < -0.4 is 5.32 Å². The van der Waals surface area contributed by atoms with Crippen molar-refractivity contribution in [3.8, 4) is 0 Å².